The Balaban J connectivity index is 1.68. The van der Waals surface area contributed by atoms with Crippen LogP contribution in [0.5, 0.6) is 0 Å². The van der Waals surface area contributed by atoms with E-state index in [1.807, 2.05) is 18.5 Å². The molecule has 90 valence electrons. The second kappa shape index (κ2) is 4.85. The minimum atomic E-state index is 0.491. The molecule has 0 saturated carbocycles. The molecule has 1 aliphatic rings. The molecule has 1 aliphatic heterocycles. The van der Waals surface area contributed by atoms with Gasteiger partial charge in [0.05, 0.1) is 6.61 Å². The monoisotopic (exact) mass is 231 g/mol. The van der Waals surface area contributed by atoms with Crippen LogP contribution >= 0.6 is 0 Å². The van der Waals surface area contributed by atoms with Crippen molar-refractivity contribution in [1.82, 2.24) is 15.3 Å². The van der Waals surface area contributed by atoms with E-state index in [4.69, 9.17) is 4.74 Å². The summed E-state index contributed by atoms with van der Waals surface area (Å²) in [7, 11) is 0. The Hall–Kier alpha value is -1.39. The second-order valence-corrected chi connectivity index (χ2v) is 4.51. The van der Waals surface area contributed by atoms with Crippen molar-refractivity contribution in [3.05, 3.63) is 30.1 Å². The maximum atomic E-state index is 5.46. The molecule has 3 rings (SSSR count). The van der Waals surface area contributed by atoms with Gasteiger partial charge in [0.2, 0.25) is 0 Å². The van der Waals surface area contributed by atoms with E-state index in [2.05, 4.69) is 21.4 Å². The Morgan fingerprint density at radius 2 is 2.53 bits per heavy atom. The third-order valence-electron chi connectivity index (χ3n) is 3.28. The molecule has 2 aromatic rings. The lowest BCUT2D eigenvalue weighted by molar-refractivity contribution is 0.0700. The third-order valence-corrected chi connectivity index (χ3v) is 3.28. The first kappa shape index (κ1) is 10.7. The quantitative estimate of drug-likeness (QED) is 0.847. The maximum absolute atomic E-state index is 5.46. The van der Waals surface area contributed by atoms with Gasteiger partial charge in [-0.15, -0.1) is 0 Å². The molecule has 2 aromatic heterocycles. The summed E-state index contributed by atoms with van der Waals surface area (Å²) in [6, 6.07) is 4.57. The fourth-order valence-corrected chi connectivity index (χ4v) is 2.31. The number of H-pyrrole nitrogens is 1. The molecule has 1 atom stereocenters. The van der Waals surface area contributed by atoms with E-state index in [-0.39, 0.29) is 0 Å². The number of rotatable bonds is 3. The van der Waals surface area contributed by atoms with Gasteiger partial charge in [-0.3, -0.25) is 0 Å². The number of nitrogens with one attached hydrogen (secondary N) is 2. The van der Waals surface area contributed by atoms with E-state index in [1.165, 1.54) is 17.4 Å². The van der Waals surface area contributed by atoms with Gasteiger partial charge in [0.25, 0.3) is 0 Å². The van der Waals surface area contributed by atoms with Gasteiger partial charge in [-0.1, -0.05) is 0 Å². The number of pyridine rings is 1. The number of fused-ring (bicyclic) bond motifs is 1. The number of nitrogens with zero attached hydrogens (tertiary/aromatic N) is 1. The standard InChI is InChI=1S/C13H17N3O/c1-4-12-10(8-16-13(12)14-5-1)7-15-11-3-2-6-17-9-11/h1,4-5,8,11,15H,2-3,6-7,9H2,(H,14,16). The molecule has 17 heavy (non-hydrogen) atoms. The molecule has 4 nitrogen and oxygen atoms in total. The SMILES string of the molecule is c1cnc2[nH]cc(CNC3CCCOC3)c2c1. The van der Waals surface area contributed by atoms with Gasteiger partial charge >= 0.3 is 0 Å². The van der Waals surface area contributed by atoms with Crippen molar-refractivity contribution in [2.24, 2.45) is 0 Å². The molecule has 2 N–H and O–H groups in total. The van der Waals surface area contributed by atoms with E-state index in [0.29, 0.717) is 6.04 Å². The second-order valence-electron chi connectivity index (χ2n) is 4.51. The molecule has 1 fully saturated rings. The average Bonchev–Trinajstić information content (AvgIpc) is 2.81. The molecule has 4 heteroatoms. The smallest absolute Gasteiger partial charge is 0.137 e. The van der Waals surface area contributed by atoms with E-state index in [1.54, 1.807) is 0 Å². The van der Waals surface area contributed by atoms with E-state index >= 15 is 0 Å². The summed E-state index contributed by atoms with van der Waals surface area (Å²) in [6.45, 7) is 2.62. The van der Waals surface area contributed by atoms with Crippen molar-refractivity contribution in [2.75, 3.05) is 13.2 Å². The fraction of sp³-hybridized carbons (Fsp3) is 0.462. The summed E-state index contributed by atoms with van der Waals surface area (Å²) in [5.74, 6) is 0. The summed E-state index contributed by atoms with van der Waals surface area (Å²) in [4.78, 5) is 7.48. The molecule has 0 aliphatic carbocycles. The number of ether oxygens (including phenoxy) is 1. The summed E-state index contributed by atoms with van der Waals surface area (Å²) >= 11 is 0. The molecule has 0 bridgehead atoms. The largest absolute Gasteiger partial charge is 0.380 e. The summed E-state index contributed by atoms with van der Waals surface area (Å²) in [6.07, 6.45) is 6.22. The van der Waals surface area contributed by atoms with Crippen LogP contribution in [0, 0.1) is 0 Å². The van der Waals surface area contributed by atoms with Crippen LogP contribution < -0.4 is 5.32 Å². The molecule has 1 unspecified atom stereocenters. The zero-order chi connectivity index (χ0) is 11.5. The van der Waals surface area contributed by atoms with Gasteiger partial charge < -0.3 is 15.0 Å². The van der Waals surface area contributed by atoms with Gasteiger partial charge in [0, 0.05) is 37.0 Å². The summed E-state index contributed by atoms with van der Waals surface area (Å²) in [5, 5.41) is 4.75. The minimum Gasteiger partial charge on any atom is -0.380 e. The zero-order valence-electron chi connectivity index (χ0n) is 9.78. The number of aromatic nitrogens is 2. The van der Waals surface area contributed by atoms with Crippen molar-refractivity contribution in [3.63, 3.8) is 0 Å². The predicted molar refractivity (Wildman–Crippen MR) is 66.8 cm³/mol. The lowest BCUT2D eigenvalue weighted by atomic mass is 10.1. The van der Waals surface area contributed by atoms with E-state index < -0.39 is 0 Å². The topological polar surface area (TPSA) is 49.9 Å². The lowest BCUT2D eigenvalue weighted by Crippen LogP contribution is -2.36. The number of aromatic amines is 1. The van der Waals surface area contributed by atoms with Crippen LogP contribution in [0.4, 0.5) is 0 Å². The van der Waals surface area contributed by atoms with E-state index in [0.717, 1.165) is 31.8 Å². The zero-order valence-corrected chi connectivity index (χ0v) is 9.78. The van der Waals surface area contributed by atoms with Gasteiger partial charge in [0.1, 0.15) is 5.65 Å². The number of hydrogen-bond donors (Lipinski definition) is 2. The highest BCUT2D eigenvalue weighted by molar-refractivity contribution is 5.79. The van der Waals surface area contributed by atoms with Crippen molar-refractivity contribution in [2.45, 2.75) is 25.4 Å². The maximum Gasteiger partial charge on any atom is 0.137 e. The van der Waals surface area contributed by atoms with Gasteiger partial charge in [-0.25, -0.2) is 4.98 Å². The molecule has 3 heterocycles. The normalized spacial score (nSPS) is 20.8. The molecule has 0 radical (unpaired) electrons. The van der Waals surface area contributed by atoms with E-state index in [9.17, 15) is 0 Å². The Labute approximate surface area is 100 Å². The van der Waals surface area contributed by atoms with Crippen LogP contribution in [-0.2, 0) is 11.3 Å². The minimum absolute atomic E-state index is 0.491. The van der Waals surface area contributed by atoms with Gasteiger partial charge in [0.15, 0.2) is 0 Å². The Bertz CT molecular complexity index is 488. The molecular weight excluding hydrogens is 214 g/mol. The van der Waals surface area contributed by atoms with Crippen LogP contribution in [0.3, 0.4) is 0 Å². The predicted octanol–water partition coefficient (Wildman–Crippen LogP) is 1.83. The van der Waals surface area contributed by atoms with Crippen LogP contribution in [0.15, 0.2) is 24.5 Å². The summed E-state index contributed by atoms with van der Waals surface area (Å²) in [5.41, 5.74) is 2.24. The first-order chi connectivity index (χ1) is 8.43. The highest BCUT2D eigenvalue weighted by Crippen LogP contribution is 2.16. The Morgan fingerprint density at radius 1 is 1.53 bits per heavy atom. The van der Waals surface area contributed by atoms with Gasteiger partial charge in [-0.05, 0) is 30.5 Å². The first-order valence-electron chi connectivity index (χ1n) is 6.15. The van der Waals surface area contributed by atoms with Crippen LogP contribution in [0.25, 0.3) is 11.0 Å². The Morgan fingerprint density at radius 3 is 3.41 bits per heavy atom. The highest BCUT2D eigenvalue weighted by Gasteiger charge is 2.13. The molecule has 0 aromatic carbocycles. The van der Waals surface area contributed by atoms with Crippen molar-refractivity contribution in [1.29, 1.82) is 0 Å². The molecular formula is C13H17N3O. The highest BCUT2D eigenvalue weighted by atomic mass is 16.5. The Kier molecular flexibility index (Phi) is 3.07. The summed E-state index contributed by atoms with van der Waals surface area (Å²) < 4.78 is 5.46. The van der Waals surface area contributed by atoms with Gasteiger partial charge in [-0.2, -0.15) is 0 Å². The van der Waals surface area contributed by atoms with Crippen LogP contribution in [0.2, 0.25) is 0 Å². The first-order valence-corrected chi connectivity index (χ1v) is 6.15. The van der Waals surface area contributed by atoms with Crippen molar-refractivity contribution >= 4 is 11.0 Å². The fourth-order valence-electron chi connectivity index (χ4n) is 2.31. The average molecular weight is 231 g/mol. The molecule has 0 amide bonds. The molecule has 1 saturated heterocycles. The van der Waals surface area contributed by atoms with Crippen LogP contribution in [0.1, 0.15) is 18.4 Å². The lowest BCUT2D eigenvalue weighted by Gasteiger charge is -2.23. The van der Waals surface area contributed by atoms with Crippen molar-refractivity contribution in [3.8, 4) is 0 Å². The third kappa shape index (κ3) is 2.33. The van der Waals surface area contributed by atoms with Crippen molar-refractivity contribution < 1.29 is 4.74 Å². The number of hydrogen-bond acceptors (Lipinski definition) is 3. The molecule has 0 spiro atoms. The van der Waals surface area contributed by atoms with Crippen LogP contribution in [-0.4, -0.2) is 29.2 Å².